The molecule has 124 valence electrons. The molecule has 0 unspecified atom stereocenters. The highest BCUT2D eigenvalue weighted by atomic mass is 32.2. The van der Waals surface area contributed by atoms with Gasteiger partial charge in [0.05, 0.1) is 6.61 Å². The lowest BCUT2D eigenvalue weighted by Crippen LogP contribution is -2.02. The molecule has 5 heteroatoms. The highest BCUT2D eigenvalue weighted by Gasteiger charge is 2.20. The van der Waals surface area contributed by atoms with Gasteiger partial charge >= 0.3 is 0 Å². The van der Waals surface area contributed by atoms with Crippen LogP contribution in [0, 0.1) is 6.92 Å². The van der Waals surface area contributed by atoms with Crippen LogP contribution in [-0.4, -0.2) is 22.3 Å². The molecule has 0 aliphatic heterocycles. The number of aryl methyl sites for hydroxylation is 3. The summed E-state index contributed by atoms with van der Waals surface area (Å²) in [7, 11) is 0. The summed E-state index contributed by atoms with van der Waals surface area (Å²) in [6.45, 7) is 2.67. The van der Waals surface area contributed by atoms with Crippen LogP contribution in [0.25, 0.3) is 10.2 Å². The first kappa shape index (κ1) is 15.9. The summed E-state index contributed by atoms with van der Waals surface area (Å²) >= 11 is 3.66. The smallest absolute Gasteiger partial charge is 0.128 e. The quantitative estimate of drug-likeness (QED) is 0.364. The number of thioether (sulfide) groups is 1. The predicted molar refractivity (Wildman–Crippen MR) is 101 cm³/mol. The number of nitrogens with zero attached hydrogens (tertiary/aromatic N) is 2. The predicted octanol–water partition coefficient (Wildman–Crippen LogP) is 5.05. The van der Waals surface area contributed by atoms with Gasteiger partial charge in [0.15, 0.2) is 0 Å². The first-order valence-corrected chi connectivity index (χ1v) is 10.2. The van der Waals surface area contributed by atoms with Crippen LogP contribution in [0.3, 0.4) is 0 Å². The van der Waals surface area contributed by atoms with E-state index in [0.29, 0.717) is 6.61 Å². The lowest BCUT2D eigenvalue weighted by Gasteiger charge is -2.12. The molecule has 4 rings (SSSR count). The normalized spacial score (nSPS) is 13.9. The number of rotatable bonds is 5. The molecule has 0 saturated heterocycles. The van der Waals surface area contributed by atoms with E-state index in [-0.39, 0.29) is 0 Å². The molecule has 1 aliphatic rings. The first-order valence-electron chi connectivity index (χ1n) is 8.41. The van der Waals surface area contributed by atoms with Gasteiger partial charge in [-0.3, -0.25) is 0 Å². The zero-order valence-corrected chi connectivity index (χ0v) is 15.4. The van der Waals surface area contributed by atoms with Crippen LogP contribution >= 0.6 is 23.1 Å². The van der Waals surface area contributed by atoms with Crippen LogP contribution in [-0.2, 0) is 12.8 Å². The van der Waals surface area contributed by atoms with Crippen molar-refractivity contribution in [3.63, 3.8) is 0 Å². The number of aromatic nitrogens is 2. The van der Waals surface area contributed by atoms with E-state index in [1.807, 2.05) is 48.6 Å². The topological polar surface area (TPSA) is 35.0 Å². The fourth-order valence-corrected chi connectivity index (χ4v) is 5.44. The van der Waals surface area contributed by atoms with Crippen molar-refractivity contribution in [2.75, 3.05) is 12.4 Å². The number of thiophene rings is 1. The molecule has 0 amide bonds. The van der Waals surface area contributed by atoms with Crippen LogP contribution in [0.4, 0.5) is 0 Å². The third kappa shape index (κ3) is 3.28. The minimum atomic E-state index is 0.686. The third-order valence-corrected chi connectivity index (χ3v) is 6.35. The molecule has 3 aromatic rings. The maximum absolute atomic E-state index is 5.80. The summed E-state index contributed by atoms with van der Waals surface area (Å²) in [5, 5.41) is 2.44. The van der Waals surface area contributed by atoms with Gasteiger partial charge in [0.25, 0.3) is 0 Å². The summed E-state index contributed by atoms with van der Waals surface area (Å²) in [4.78, 5) is 12.1. The maximum atomic E-state index is 5.80. The Morgan fingerprint density at radius 1 is 1.12 bits per heavy atom. The molecule has 0 spiro atoms. The highest BCUT2D eigenvalue weighted by Crippen LogP contribution is 2.39. The van der Waals surface area contributed by atoms with Crippen LogP contribution < -0.4 is 4.74 Å². The number of benzene rings is 1. The fraction of sp³-hybridized carbons (Fsp3) is 0.368. The van der Waals surface area contributed by atoms with Gasteiger partial charge in [-0.1, -0.05) is 18.2 Å². The molecule has 1 aliphatic carbocycles. The van der Waals surface area contributed by atoms with Crippen LogP contribution in [0.5, 0.6) is 5.75 Å². The Hall–Kier alpha value is -1.59. The number of hydrogen-bond donors (Lipinski definition) is 0. The van der Waals surface area contributed by atoms with Crippen molar-refractivity contribution >= 4 is 33.3 Å². The molecule has 1 aromatic carbocycles. The Balaban J connectivity index is 1.52. The summed E-state index contributed by atoms with van der Waals surface area (Å²) in [5.74, 6) is 2.69. The second kappa shape index (κ2) is 7.11. The Kier molecular flexibility index (Phi) is 4.72. The van der Waals surface area contributed by atoms with Gasteiger partial charge in [-0.15, -0.1) is 23.1 Å². The van der Waals surface area contributed by atoms with Crippen molar-refractivity contribution in [1.82, 2.24) is 9.97 Å². The molecule has 2 heterocycles. The number of fused-ring (bicyclic) bond motifs is 3. The minimum Gasteiger partial charge on any atom is -0.493 e. The lowest BCUT2D eigenvalue weighted by molar-refractivity contribution is 0.344. The van der Waals surface area contributed by atoms with Crippen LogP contribution in [0.1, 0.15) is 29.1 Å². The second-order valence-corrected chi connectivity index (χ2v) is 8.14. The zero-order chi connectivity index (χ0) is 16.4. The van der Waals surface area contributed by atoms with Gasteiger partial charge < -0.3 is 4.74 Å². The Labute approximate surface area is 150 Å². The van der Waals surface area contributed by atoms with E-state index in [9.17, 15) is 0 Å². The molecular weight excluding hydrogens is 336 g/mol. The molecule has 0 atom stereocenters. The van der Waals surface area contributed by atoms with E-state index in [1.165, 1.54) is 46.3 Å². The average Bonchev–Trinajstić information content (AvgIpc) is 2.97. The second-order valence-electron chi connectivity index (χ2n) is 5.98. The Bertz CT molecular complexity index is 845. The molecule has 0 fully saturated rings. The molecule has 0 saturated carbocycles. The Morgan fingerprint density at radius 2 is 1.96 bits per heavy atom. The van der Waals surface area contributed by atoms with Crippen molar-refractivity contribution in [2.45, 2.75) is 37.6 Å². The third-order valence-electron chi connectivity index (χ3n) is 4.23. The van der Waals surface area contributed by atoms with Gasteiger partial charge in [0, 0.05) is 16.0 Å². The van der Waals surface area contributed by atoms with Crippen molar-refractivity contribution in [1.29, 1.82) is 0 Å². The number of para-hydroxylation sites is 1. The van der Waals surface area contributed by atoms with Crippen LogP contribution in [0.2, 0.25) is 0 Å². The Morgan fingerprint density at radius 3 is 2.83 bits per heavy atom. The van der Waals surface area contributed by atoms with Gasteiger partial charge in [-0.2, -0.15) is 0 Å². The summed E-state index contributed by atoms with van der Waals surface area (Å²) in [5.41, 5.74) is 1.51. The first-order chi connectivity index (χ1) is 11.8. The molecule has 2 aromatic heterocycles. The highest BCUT2D eigenvalue weighted by molar-refractivity contribution is 7.99. The number of ether oxygens (including phenoxy) is 1. The fourth-order valence-electron chi connectivity index (χ4n) is 3.14. The van der Waals surface area contributed by atoms with Crippen molar-refractivity contribution in [2.24, 2.45) is 0 Å². The maximum Gasteiger partial charge on any atom is 0.128 e. The van der Waals surface area contributed by atoms with E-state index in [0.717, 1.165) is 22.4 Å². The molecule has 0 radical (unpaired) electrons. The number of hydrogen-bond acceptors (Lipinski definition) is 5. The minimum absolute atomic E-state index is 0.686. The molecule has 24 heavy (non-hydrogen) atoms. The van der Waals surface area contributed by atoms with E-state index in [4.69, 9.17) is 9.72 Å². The molecular formula is C19H20N2OS2. The molecule has 0 bridgehead atoms. The average molecular weight is 357 g/mol. The standard InChI is InChI=1S/C19H20N2OS2/c1-13-20-18(23-12-11-22-14-7-3-2-4-8-14)17-15-9-5-6-10-16(15)24-19(17)21-13/h2-4,7-8H,5-6,9-12H2,1H3. The summed E-state index contributed by atoms with van der Waals surface area (Å²) in [6.07, 6.45) is 4.97. The van der Waals surface area contributed by atoms with Crippen LogP contribution in [0.15, 0.2) is 35.4 Å². The van der Waals surface area contributed by atoms with Crippen molar-refractivity contribution in [3.05, 3.63) is 46.6 Å². The van der Waals surface area contributed by atoms with Crippen molar-refractivity contribution in [3.8, 4) is 5.75 Å². The summed E-state index contributed by atoms with van der Waals surface area (Å²) < 4.78 is 5.80. The van der Waals surface area contributed by atoms with Gasteiger partial charge in [0.2, 0.25) is 0 Å². The molecule has 0 N–H and O–H groups in total. The van der Waals surface area contributed by atoms with Gasteiger partial charge in [-0.25, -0.2) is 9.97 Å². The molecule has 3 nitrogen and oxygen atoms in total. The van der Waals surface area contributed by atoms with Crippen molar-refractivity contribution < 1.29 is 4.74 Å². The van der Waals surface area contributed by atoms with E-state index < -0.39 is 0 Å². The lowest BCUT2D eigenvalue weighted by atomic mass is 9.97. The van der Waals surface area contributed by atoms with Gasteiger partial charge in [-0.05, 0) is 50.3 Å². The SMILES string of the molecule is Cc1nc(SCCOc2ccccc2)c2c3c(sc2n1)CCCC3. The largest absolute Gasteiger partial charge is 0.493 e. The summed E-state index contributed by atoms with van der Waals surface area (Å²) in [6, 6.07) is 9.98. The monoisotopic (exact) mass is 356 g/mol. The van der Waals surface area contributed by atoms with E-state index in [2.05, 4.69) is 4.98 Å². The van der Waals surface area contributed by atoms with E-state index in [1.54, 1.807) is 11.8 Å². The van der Waals surface area contributed by atoms with E-state index >= 15 is 0 Å². The van der Waals surface area contributed by atoms with Gasteiger partial charge in [0.1, 0.15) is 21.4 Å². The zero-order valence-electron chi connectivity index (χ0n) is 13.7.